The van der Waals surface area contributed by atoms with Crippen molar-refractivity contribution in [2.75, 3.05) is 11.9 Å². The van der Waals surface area contributed by atoms with Crippen LogP contribution in [0.3, 0.4) is 0 Å². The van der Waals surface area contributed by atoms with E-state index in [0.717, 1.165) is 16.1 Å². The predicted octanol–water partition coefficient (Wildman–Crippen LogP) is 4.33. The van der Waals surface area contributed by atoms with Crippen LogP contribution >= 0.6 is 22.9 Å². The van der Waals surface area contributed by atoms with Gasteiger partial charge >= 0.3 is 5.97 Å². The summed E-state index contributed by atoms with van der Waals surface area (Å²) in [6, 6.07) is 5.62. The number of carbonyl (C=O) groups is 1. The fourth-order valence-electron chi connectivity index (χ4n) is 1.70. The number of hydrogen-bond donors (Lipinski definition) is 1. The smallest absolute Gasteiger partial charge is 0.358 e. The van der Waals surface area contributed by atoms with Gasteiger partial charge in [0.05, 0.1) is 6.61 Å². The van der Waals surface area contributed by atoms with Gasteiger partial charge in [0.25, 0.3) is 0 Å². The maximum absolute atomic E-state index is 11.7. The quantitative estimate of drug-likeness (QED) is 0.854. The summed E-state index contributed by atoms with van der Waals surface area (Å²) >= 11 is 7.49. The molecular formula is C14H15ClN2O2S. The second-order valence-electron chi connectivity index (χ2n) is 4.18. The molecule has 20 heavy (non-hydrogen) atoms. The third kappa shape index (κ3) is 3.11. The Hall–Kier alpha value is -1.59. The van der Waals surface area contributed by atoms with E-state index in [2.05, 4.69) is 10.3 Å². The molecule has 0 aliphatic carbocycles. The first kappa shape index (κ1) is 14.8. The number of nitrogens with one attached hydrogen (secondary N) is 1. The Morgan fingerprint density at radius 3 is 2.90 bits per heavy atom. The van der Waals surface area contributed by atoms with Gasteiger partial charge in [-0.1, -0.05) is 17.7 Å². The molecule has 1 aromatic carbocycles. The highest BCUT2D eigenvalue weighted by Crippen LogP contribution is 2.29. The number of ether oxygens (including phenoxy) is 1. The summed E-state index contributed by atoms with van der Waals surface area (Å²) in [7, 11) is 0. The molecule has 0 atom stereocenters. The number of anilines is 2. The molecule has 1 aromatic heterocycles. The van der Waals surface area contributed by atoms with Gasteiger partial charge in [0.2, 0.25) is 0 Å². The van der Waals surface area contributed by atoms with Crippen LogP contribution in [0, 0.1) is 13.8 Å². The van der Waals surface area contributed by atoms with Crippen molar-refractivity contribution < 1.29 is 9.53 Å². The molecule has 0 bridgehead atoms. The number of esters is 1. The fourth-order valence-corrected chi connectivity index (χ4v) is 2.68. The molecule has 0 unspecified atom stereocenters. The Morgan fingerprint density at radius 2 is 2.20 bits per heavy atom. The molecule has 0 radical (unpaired) electrons. The number of hydrogen-bond acceptors (Lipinski definition) is 5. The lowest BCUT2D eigenvalue weighted by molar-refractivity contribution is 0.0519. The van der Waals surface area contributed by atoms with Gasteiger partial charge in [-0.2, -0.15) is 0 Å². The van der Waals surface area contributed by atoms with E-state index in [9.17, 15) is 4.79 Å². The largest absolute Gasteiger partial charge is 0.461 e. The van der Waals surface area contributed by atoms with Crippen LogP contribution in [0.4, 0.5) is 10.8 Å². The summed E-state index contributed by atoms with van der Waals surface area (Å²) in [5, 5.41) is 4.52. The van der Waals surface area contributed by atoms with E-state index in [-0.39, 0.29) is 0 Å². The van der Waals surface area contributed by atoms with E-state index >= 15 is 0 Å². The SMILES string of the molecule is CCOC(=O)c1nc(Nc2cccc(Cl)c2C)sc1C. The van der Waals surface area contributed by atoms with Gasteiger partial charge in [-0.05, 0) is 38.5 Å². The van der Waals surface area contributed by atoms with Gasteiger partial charge < -0.3 is 10.1 Å². The van der Waals surface area contributed by atoms with E-state index in [0.29, 0.717) is 22.5 Å². The zero-order chi connectivity index (χ0) is 14.7. The normalized spacial score (nSPS) is 10.4. The molecule has 106 valence electrons. The number of halogens is 1. The summed E-state index contributed by atoms with van der Waals surface area (Å²) < 4.78 is 4.97. The summed E-state index contributed by atoms with van der Waals surface area (Å²) in [6.07, 6.45) is 0. The summed E-state index contributed by atoms with van der Waals surface area (Å²) in [6.45, 7) is 5.89. The van der Waals surface area contributed by atoms with Gasteiger partial charge in [-0.3, -0.25) is 0 Å². The molecule has 0 aliphatic heterocycles. The summed E-state index contributed by atoms with van der Waals surface area (Å²) in [5.41, 5.74) is 2.18. The Labute approximate surface area is 126 Å². The van der Waals surface area contributed by atoms with Crippen molar-refractivity contribution in [1.82, 2.24) is 4.98 Å². The monoisotopic (exact) mass is 310 g/mol. The van der Waals surface area contributed by atoms with Crippen LogP contribution in [-0.4, -0.2) is 17.6 Å². The highest BCUT2D eigenvalue weighted by Gasteiger charge is 2.16. The van der Waals surface area contributed by atoms with Crippen molar-refractivity contribution in [3.8, 4) is 0 Å². The van der Waals surface area contributed by atoms with Crippen LogP contribution in [0.5, 0.6) is 0 Å². The second-order valence-corrected chi connectivity index (χ2v) is 5.79. The Balaban J connectivity index is 2.25. The van der Waals surface area contributed by atoms with Crippen LogP contribution in [0.15, 0.2) is 18.2 Å². The number of rotatable bonds is 4. The van der Waals surface area contributed by atoms with Gasteiger partial charge in [-0.15, -0.1) is 11.3 Å². The minimum Gasteiger partial charge on any atom is -0.461 e. The van der Waals surface area contributed by atoms with Crippen molar-refractivity contribution >= 4 is 39.7 Å². The minimum atomic E-state index is -0.392. The van der Waals surface area contributed by atoms with Crippen molar-refractivity contribution in [1.29, 1.82) is 0 Å². The molecule has 2 rings (SSSR count). The molecule has 0 spiro atoms. The second kappa shape index (κ2) is 6.24. The van der Waals surface area contributed by atoms with Gasteiger partial charge in [-0.25, -0.2) is 9.78 Å². The Kier molecular flexibility index (Phi) is 4.62. The number of thiazole rings is 1. The molecule has 0 fully saturated rings. The molecule has 1 heterocycles. The first-order valence-electron chi connectivity index (χ1n) is 6.19. The highest BCUT2D eigenvalue weighted by molar-refractivity contribution is 7.15. The molecule has 2 aromatic rings. The maximum atomic E-state index is 11.7. The zero-order valence-electron chi connectivity index (χ0n) is 11.5. The van der Waals surface area contributed by atoms with Crippen molar-refractivity contribution in [2.24, 2.45) is 0 Å². The first-order valence-corrected chi connectivity index (χ1v) is 7.39. The van der Waals surface area contributed by atoms with Crippen molar-refractivity contribution in [3.05, 3.63) is 39.4 Å². The van der Waals surface area contributed by atoms with Gasteiger partial charge in [0, 0.05) is 15.6 Å². The minimum absolute atomic E-state index is 0.339. The molecule has 0 amide bonds. The molecular weight excluding hydrogens is 296 g/mol. The lowest BCUT2D eigenvalue weighted by atomic mass is 10.2. The van der Waals surface area contributed by atoms with E-state index < -0.39 is 5.97 Å². The summed E-state index contributed by atoms with van der Waals surface area (Å²) in [4.78, 5) is 16.8. The Bertz CT molecular complexity index is 640. The van der Waals surface area contributed by atoms with Gasteiger partial charge in [0.15, 0.2) is 10.8 Å². The zero-order valence-corrected chi connectivity index (χ0v) is 13.1. The van der Waals surface area contributed by atoms with Crippen molar-refractivity contribution in [2.45, 2.75) is 20.8 Å². The van der Waals surface area contributed by atoms with E-state index in [1.165, 1.54) is 11.3 Å². The number of nitrogens with zero attached hydrogens (tertiary/aromatic N) is 1. The average Bonchev–Trinajstić information content (AvgIpc) is 2.76. The van der Waals surface area contributed by atoms with Crippen LogP contribution < -0.4 is 5.32 Å². The van der Waals surface area contributed by atoms with E-state index in [1.807, 2.05) is 32.0 Å². The lowest BCUT2D eigenvalue weighted by Crippen LogP contribution is -2.06. The Morgan fingerprint density at radius 1 is 1.45 bits per heavy atom. The molecule has 4 nitrogen and oxygen atoms in total. The van der Waals surface area contributed by atoms with Crippen LogP contribution in [0.2, 0.25) is 5.02 Å². The number of benzene rings is 1. The average molecular weight is 311 g/mol. The standard InChI is InChI=1S/C14H15ClN2O2S/c1-4-19-13(18)12-9(3)20-14(17-12)16-11-7-5-6-10(15)8(11)2/h5-7H,4H2,1-3H3,(H,16,17). The van der Waals surface area contributed by atoms with Gasteiger partial charge in [0.1, 0.15) is 0 Å². The molecule has 1 N–H and O–H groups in total. The third-order valence-electron chi connectivity index (χ3n) is 2.77. The molecule has 0 saturated heterocycles. The first-order chi connectivity index (χ1) is 9.52. The fraction of sp³-hybridized carbons (Fsp3) is 0.286. The number of aromatic nitrogens is 1. The highest BCUT2D eigenvalue weighted by atomic mass is 35.5. The van der Waals surface area contributed by atoms with Crippen molar-refractivity contribution in [3.63, 3.8) is 0 Å². The van der Waals surface area contributed by atoms with E-state index in [4.69, 9.17) is 16.3 Å². The van der Waals surface area contributed by atoms with Crippen LogP contribution in [0.1, 0.15) is 27.9 Å². The maximum Gasteiger partial charge on any atom is 0.358 e. The topological polar surface area (TPSA) is 51.2 Å². The number of carbonyl (C=O) groups excluding carboxylic acids is 1. The molecule has 0 saturated carbocycles. The van der Waals surface area contributed by atoms with Crippen LogP contribution in [0.25, 0.3) is 0 Å². The lowest BCUT2D eigenvalue weighted by Gasteiger charge is -2.07. The third-order valence-corrected chi connectivity index (χ3v) is 4.07. The number of aryl methyl sites for hydroxylation is 1. The molecule has 0 aliphatic rings. The summed E-state index contributed by atoms with van der Waals surface area (Å²) in [5.74, 6) is -0.392. The molecule has 6 heteroatoms. The van der Waals surface area contributed by atoms with E-state index in [1.54, 1.807) is 6.92 Å². The predicted molar refractivity (Wildman–Crippen MR) is 82.3 cm³/mol. The van der Waals surface area contributed by atoms with Crippen LogP contribution in [-0.2, 0) is 4.74 Å².